The molecule has 0 saturated carbocycles. The highest BCUT2D eigenvalue weighted by Gasteiger charge is 2.15. The van der Waals surface area contributed by atoms with Crippen molar-refractivity contribution >= 4 is 22.4 Å². The van der Waals surface area contributed by atoms with Gasteiger partial charge in [0.15, 0.2) is 0 Å². The van der Waals surface area contributed by atoms with Gasteiger partial charge in [0, 0.05) is 13.1 Å². The molecule has 6 heteroatoms. The van der Waals surface area contributed by atoms with Crippen LogP contribution in [0, 0.1) is 24.0 Å². The van der Waals surface area contributed by atoms with Gasteiger partial charge in [-0.25, -0.2) is 4.98 Å². The summed E-state index contributed by atoms with van der Waals surface area (Å²) in [4.78, 5) is 15.4. The second-order valence-corrected chi connectivity index (χ2v) is 5.66. The number of aromatic nitrogens is 2. The number of hydrogen-bond donors (Lipinski definition) is 1. The molecule has 0 spiro atoms. The fourth-order valence-electron chi connectivity index (χ4n) is 2.79. The van der Waals surface area contributed by atoms with Gasteiger partial charge in [-0.2, -0.15) is 0 Å². The van der Waals surface area contributed by atoms with E-state index in [-0.39, 0.29) is 10.6 Å². The Morgan fingerprint density at radius 3 is 2.74 bits per heavy atom. The summed E-state index contributed by atoms with van der Waals surface area (Å²) in [5.74, 6) is 0.837. The maximum Gasteiger partial charge on any atom is 0.292 e. The molecule has 0 saturated heterocycles. The van der Waals surface area contributed by atoms with E-state index in [9.17, 15) is 10.1 Å². The van der Waals surface area contributed by atoms with Crippen LogP contribution < -0.4 is 5.32 Å². The molecule has 0 aliphatic heterocycles. The van der Waals surface area contributed by atoms with Crippen LogP contribution in [0.15, 0.2) is 36.4 Å². The van der Waals surface area contributed by atoms with Crippen LogP contribution in [-0.2, 0) is 13.6 Å². The Bertz CT molecular complexity index is 899. The topological polar surface area (TPSA) is 73.0 Å². The quantitative estimate of drug-likeness (QED) is 0.589. The van der Waals surface area contributed by atoms with Crippen LogP contribution in [0.4, 0.5) is 11.4 Å². The molecule has 118 valence electrons. The van der Waals surface area contributed by atoms with Crippen LogP contribution in [0.25, 0.3) is 11.0 Å². The Kier molecular flexibility index (Phi) is 3.73. The number of nitro groups is 1. The first-order chi connectivity index (χ1) is 11.0. The predicted octanol–water partition coefficient (Wildman–Crippen LogP) is 3.71. The fourth-order valence-corrected chi connectivity index (χ4v) is 2.79. The van der Waals surface area contributed by atoms with Gasteiger partial charge in [0.1, 0.15) is 11.5 Å². The summed E-state index contributed by atoms with van der Waals surface area (Å²) < 4.78 is 2.03. The largest absolute Gasteiger partial charge is 0.372 e. The van der Waals surface area contributed by atoms with Gasteiger partial charge < -0.3 is 9.88 Å². The molecule has 1 N–H and O–H groups in total. The Balaban J connectivity index is 1.91. The summed E-state index contributed by atoms with van der Waals surface area (Å²) in [6.45, 7) is 4.31. The monoisotopic (exact) mass is 310 g/mol. The zero-order chi connectivity index (χ0) is 16.6. The third-order valence-corrected chi connectivity index (χ3v) is 3.98. The number of hydrogen-bond acceptors (Lipinski definition) is 4. The molecule has 0 atom stereocenters. The number of anilines is 1. The number of nitrogens with one attached hydrogen (secondary N) is 1. The average molecular weight is 310 g/mol. The van der Waals surface area contributed by atoms with Crippen molar-refractivity contribution in [3.63, 3.8) is 0 Å². The van der Waals surface area contributed by atoms with Crippen molar-refractivity contribution in [1.29, 1.82) is 0 Å². The first-order valence-electron chi connectivity index (χ1n) is 7.37. The number of aryl methyl sites for hydroxylation is 3. The number of rotatable bonds is 4. The minimum absolute atomic E-state index is 0.0833. The first kappa shape index (κ1) is 15.0. The molecule has 0 fully saturated rings. The number of nitrogens with zero attached hydrogens (tertiary/aromatic N) is 3. The molecule has 0 unspecified atom stereocenters. The SMILES string of the molecule is Cc1ccc(NCc2nc3cccc(C)c3n2C)c([N+](=O)[O-])c1. The highest BCUT2D eigenvalue weighted by Crippen LogP contribution is 2.26. The van der Waals surface area contributed by atoms with Gasteiger partial charge in [-0.05, 0) is 37.1 Å². The lowest BCUT2D eigenvalue weighted by Gasteiger charge is -2.08. The summed E-state index contributed by atoms with van der Waals surface area (Å²) in [6, 6.07) is 11.2. The number of fused-ring (bicyclic) bond motifs is 1. The molecule has 0 aliphatic carbocycles. The molecule has 0 amide bonds. The lowest BCUT2D eigenvalue weighted by molar-refractivity contribution is -0.384. The van der Waals surface area contributed by atoms with Crippen LogP contribution in [0.1, 0.15) is 17.0 Å². The summed E-state index contributed by atoms with van der Waals surface area (Å²) in [5.41, 5.74) is 4.63. The van der Waals surface area contributed by atoms with Gasteiger partial charge >= 0.3 is 0 Å². The fraction of sp³-hybridized carbons (Fsp3) is 0.235. The predicted molar refractivity (Wildman–Crippen MR) is 90.6 cm³/mol. The van der Waals surface area contributed by atoms with E-state index in [2.05, 4.69) is 10.3 Å². The van der Waals surface area contributed by atoms with Crippen molar-refractivity contribution in [1.82, 2.24) is 9.55 Å². The Morgan fingerprint density at radius 2 is 2.04 bits per heavy atom. The number of imidazole rings is 1. The number of benzene rings is 2. The second kappa shape index (κ2) is 5.72. The van der Waals surface area contributed by atoms with E-state index in [1.165, 1.54) is 0 Å². The molecule has 1 heterocycles. The summed E-state index contributed by atoms with van der Waals surface area (Å²) in [7, 11) is 1.96. The molecule has 0 bridgehead atoms. The average Bonchev–Trinajstić information content (AvgIpc) is 2.83. The maximum absolute atomic E-state index is 11.2. The van der Waals surface area contributed by atoms with Crippen LogP contribution in [-0.4, -0.2) is 14.5 Å². The molecular weight excluding hydrogens is 292 g/mol. The third-order valence-electron chi connectivity index (χ3n) is 3.98. The first-order valence-corrected chi connectivity index (χ1v) is 7.37. The van der Waals surface area contributed by atoms with Gasteiger partial charge in [-0.15, -0.1) is 0 Å². The molecule has 2 aromatic carbocycles. The van der Waals surface area contributed by atoms with Crippen molar-refractivity contribution < 1.29 is 4.92 Å². The normalized spacial score (nSPS) is 10.9. The van der Waals surface area contributed by atoms with Crippen molar-refractivity contribution in [2.75, 3.05) is 5.32 Å². The van der Waals surface area contributed by atoms with Crippen molar-refractivity contribution in [2.45, 2.75) is 20.4 Å². The number of nitro benzene ring substituents is 1. The molecule has 23 heavy (non-hydrogen) atoms. The Morgan fingerprint density at radius 1 is 1.26 bits per heavy atom. The van der Waals surface area contributed by atoms with Crippen LogP contribution in [0.2, 0.25) is 0 Å². The summed E-state index contributed by atoms with van der Waals surface area (Å²) in [5, 5.41) is 14.3. The van der Waals surface area contributed by atoms with E-state index < -0.39 is 0 Å². The second-order valence-electron chi connectivity index (χ2n) is 5.66. The van der Waals surface area contributed by atoms with Crippen LogP contribution >= 0.6 is 0 Å². The van der Waals surface area contributed by atoms with Gasteiger partial charge in [0.25, 0.3) is 5.69 Å². The lowest BCUT2D eigenvalue weighted by atomic mass is 10.2. The minimum Gasteiger partial charge on any atom is -0.372 e. The van der Waals surface area contributed by atoms with Crippen molar-refractivity contribution in [2.24, 2.45) is 7.05 Å². The maximum atomic E-state index is 11.2. The smallest absolute Gasteiger partial charge is 0.292 e. The standard InChI is InChI=1S/C17H18N4O2/c1-11-7-8-13(15(9-11)21(22)23)18-10-16-19-14-6-4-5-12(2)17(14)20(16)3/h4-9,18H,10H2,1-3H3. The summed E-state index contributed by atoms with van der Waals surface area (Å²) >= 11 is 0. The molecular formula is C17H18N4O2. The minimum atomic E-state index is -0.367. The van der Waals surface area contributed by atoms with Gasteiger partial charge in [0.2, 0.25) is 0 Å². The summed E-state index contributed by atoms with van der Waals surface area (Å²) in [6.07, 6.45) is 0. The molecule has 0 aliphatic rings. The molecule has 6 nitrogen and oxygen atoms in total. The van der Waals surface area contributed by atoms with Gasteiger partial charge in [0.05, 0.1) is 22.5 Å². The van der Waals surface area contributed by atoms with E-state index in [0.717, 1.165) is 28.0 Å². The molecule has 3 aromatic rings. The van der Waals surface area contributed by atoms with E-state index in [0.29, 0.717) is 12.2 Å². The van der Waals surface area contributed by atoms with Gasteiger partial charge in [-0.1, -0.05) is 18.2 Å². The molecule has 0 radical (unpaired) electrons. The highest BCUT2D eigenvalue weighted by atomic mass is 16.6. The van der Waals surface area contributed by atoms with E-state index in [4.69, 9.17) is 0 Å². The highest BCUT2D eigenvalue weighted by molar-refractivity contribution is 5.79. The third kappa shape index (κ3) is 2.75. The van der Waals surface area contributed by atoms with Crippen molar-refractivity contribution in [3.05, 3.63) is 63.5 Å². The van der Waals surface area contributed by atoms with Crippen LogP contribution in [0.5, 0.6) is 0 Å². The zero-order valence-electron chi connectivity index (χ0n) is 13.3. The Hall–Kier alpha value is -2.89. The van der Waals surface area contributed by atoms with Crippen LogP contribution in [0.3, 0.4) is 0 Å². The Labute approximate surface area is 133 Å². The zero-order valence-corrected chi connectivity index (χ0v) is 13.3. The van der Waals surface area contributed by atoms with E-state index in [1.54, 1.807) is 12.1 Å². The van der Waals surface area contributed by atoms with E-state index in [1.807, 2.05) is 49.7 Å². The molecule has 3 rings (SSSR count). The molecule has 1 aromatic heterocycles. The number of para-hydroxylation sites is 1. The van der Waals surface area contributed by atoms with Gasteiger partial charge in [-0.3, -0.25) is 10.1 Å². The lowest BCUT2D eigenvalue weighted by Crippen LogP contribution is -2.07. The van der Waals surface area contributed by atoms with E-state index >= 15 is 0 Å². The van der Waals surface area contributed by atoms with Crippen molar-refractivity contribution in [3.8, 4) is 0 Å².